The summed E-state index contributed by atoms with van der Waals surface area (Å²) in [6.07, 6.45) is 4.53. The average molecular weight is 381 g/mol. The Hall–Kier alpha value is -3.16. The van der Waals surface area contributed by atoms with Crippen molar-refractivity contribution in [3.05, 3.63) is 52.8 Å². The third kappa shape index (κ3) is 2.76. The number of halogens is 1. The zero-order valence-electron chi connectivity index (χ0n) is 15.5. The number of nitrogens with zero attached hydrogens (tertiary/aromatic N) is 4. The summed E-state index contributed by atoms with van der Waals surface area (Å²) in [7, 11) is 0. The highest BCUT2D eigenvalue weighted by Crippen LogP contribution is 2.35. The van der Waals surface area contributed by atoms with E-state index < -0.39 is 0 Å². The van der Waals surface area contributed by atoms with Crippen molar-refractivity contribution in [3.8, 4) is 11.3 Å². The fourth-order valence-corrected chi connectivity index (χ4v) is 4.01. The molecule has 3 heterocycles. The van der Waals surface area contributed by atoms with Gasteiger partial charge < -0.3 is 14.7 Å². The van der Waals surface area contributed by atoms with Gasteiger partial charge in [0.2, 0.25) is 0 Å². The largest absolute Gasteiger partial charge is 0.364 e. The second-order valence-electron chi connectivity index (χ2n) is 7.35. The molecule has 0 saturated carbocycles. The summed E-state index contributed by atoms with van der Waals surface area (Å²) < 4.78 is 20.7. The highest BCUT2D eigenvalue weighted by Gasteiger charge is 2.31. The van der Waals surface area contributed by atoms with Crippen molar-refractivity contribution in [2.24, 2.45) is 0 Å². The summed E-state index contributed by atoms with van der Waals surface area (Å²) in [5, 5.41) is 11.8. The lowest BCUT2D eigenvalue weighted by Crippen LogP contribution is -2.41. The molecule has 8 heteroatoms. The molecular formula is C20H20FN5O2. The van der Waals surface area contributed by atoms with Crippen LogP contribution in [0.25, 0.3) is 11.3 Å². The monoisotopic (exact) mass is 381 g/mol. The first kappa shape index (κ1) is 17.0. The van der Waals surface area contributed by atoms with Crippen LogP contribution in [-0.4, -0.2) is 32.4 Å². The van der Waals surface area contributed by atoms with Gasteiger partial charge in [-0.3, -0.25) is 4.68 Å². The number of aryl methyl sites for hydroxylation is 3. The summed E-state index contributed by atoms with van der Waals surface area (Å²) in [4.78, 5) is 14.5. The SMILES string of the molecule is Cc1cc(NC(=O)N2CCn3nc4c(c3C2)-c2nocc2CCC4)ccc1F. The van der Waals surface area contributed by atoms with E-state index in [0.29, 0.717) is 30.9 Å². The minimum Gasteiger partial charge on any atom is -0.364 e. The first-order valence-corrected chi connectivity index (χ1v) is 9.44. The number of carbonyl (C=O) groups is 1. The van der Waals surface area contributed by atoms with Crippen LogP contribution < -0.4 is 5.32 Å². The van der Waals surface area contributed by atoms with Crippen molar-refractivity contribution in [2.75, 3.05) is 11.9 Å². The van der Waals surface area contributed by atoms with Gasteiger partial charge in [0.05, 0.1) is 30.0 Å². The summed E-state index contributed by atoms with van der Waals surface area (Å²) in [5.41, 5.74) is 6.06. The molecule has 0 unspecified atom stereocenters. The molecule has 28 heavy (non-hydrogen) atoms. The van der Waals surface area contributed by atoms with Crippen LogP contribution >= 0.6 is 0 Å². The lowest BCUT2D eigenvalue weighted by molar-refractivity contribution is 0.194. The van der Waals surface area contributed by atoms with E-state index in [9.17, 15) is 9.18 Å². The van der Waals surface area contributed by atoms with Gasteiger partial charge in [-0.25, -0.2) is 9.18 Å². The minimum atomic E-state index is -0.286. The van der Waals surface area contributed by atoms with Gasteiger partial charge in [-0.15, -0.1) is 0 Å². The van der Waals surface area contributed by atoms with E-state index in [1.165, 1.54) is 6.07 Å². The normalized spacial score (nSPS) is 15.4. The predicted molar refractivity (Wildman–Crippen MR) is 100 cm³/mol. The number of hydrogen-bond acceptors (Lipinski definition) is 4. The van der Waals surface area contributed by atoms with E-state index in [0.717, 1.165) is 47.5 Å². The fraction of sp³-hybridized carbons (Fsp3) is 0.350. The Morgan fingerprint density at radius 3 is 3.04 bits per heavy atom. The van der Waals surface area contributed by atoms with Crippen LogP contribution in [0.3, 0.4) is 0 Å². The number of fused-ring (bicyclic) bond motifs is 5. The Morgan fingerprint density at radius 1 is 1.29 bits per heavy atom. The number of carbonyl (C=O) groups excluding carboxylic acids is 1. The molecule has 0 saturated heterocycles. The summed E-state index contributed by atoms with van der Waals surface area (Å²) in [6, 6.07) is 4.36. The number of anilines is 1. The standard InChI is InChI=1S/C20H20FN5O2/c1-12-9-14(5-6-15(12)21)22-20(27)25-7-8-26-17(10-25)18-16(23-26)4-2-3-13-11-28-24-19(13)18/h5-6,9,11H,2-4,7-8,10H2,1H3,(H,22,27). The smallest absolute Gasteiger partial charge is 0.322 e. The lowest BCUT2D eigenvalue weighted by Gasteiger charge is -2.28. The Bertz CT molecular complexity index is 1070. The molecule has 5 rings (SSSR count). The summed E-state index contributed by atoms with van der Waals surface area (Å²) in [5.74, 6) is -0.286. The van der Waals surface area contributed by atoms with Crippen molar-refractivity contribution in [1.82, 2.24) is 19.8 Å². The Labute approximate surface area is 161 Å². The number of nitrogens with one attached hydrogen (secondary N) is 1. The maximum atomic E-state index is 13.5. The van der Waals surface area contributed by atoms with E-state index in [1.807, 2.05) is 4.68 Å². The molecule has 0 atom stereocenters. The van der Waals surface area contributed by atoms with Crippen molar-refractivity contribution >= 4 is 11.7 Å². The molecule has 0 fully saturated rings. The van der Waals surface area contributed by atoms with E-state index in [-0.39, 0.29) is 11.8 Å². The Balaban J connectivity index is 1.42. The number of hydrogen-bond donors (Lipinski definition) is 1. The number of aromatic nitrogens is 3. The molecule has 3 aromatic rings. The Kier molecular flexibility index (Phi) is 3.92. The number of benzene rings is 1. The van der Waals surface area contributed by atoms with Crippen LogP contribution in [0.1, 0.15) is 28.9 Å². The summed E-state index contributed by atoms with van der Waals surface area (Å²) in [6.45, 7) is 3.31. The third-order valence-corrected chi connectivity index (χ3v) is 5.49. The van der Waals surface area contributed by atoms with Gasteiger partial charge in [-0.1, -0.05) is 5.16 Å². The van der Waals surface area contributed by atoms with Crippen molar-refractivity contribution in [1.29, 1.82) is 0 Å². The molecule has 0 spiro atoms. The quantitative estimate of drug-likeness (QED) is 0.700. The van der Waals surface area contributed by atoms with Crippen molar-refractivity contribution < 1.29 is 13.7 Å². The minimum absolute atomic E-state index is 0.207. The molecule has 0 bridgehead atoms. The molecule has 144 valence electrons. The van der Waals surface area contributed by atoms with Crippen LogP contribution in [0, 0.1) is 12.7 Å². The van der Waals surface area contributed by atoms with Crippen LogP contribution in [0.4, 0.5) is 14.9 Å². The molecule has 2 amide bonds. The maximum absolute atomic E-state index is 13.5. The van der Waals surface area contributed by atoms with Gasteiger partial charge in [-0.2, -0.15) is 5.10 Å². The first-order chi connectivity index (χ1) is 13.6. The molecule has 2 aromatic heterocycles. The van der Waals surface area contributed by atoms with E-state index in [4.69, 9.17) is 9.62 Å². The second kappa shape index (κ2) is 6.47. The first-order valence-electron chi connectivity index (χ1n) is 9.44. The molecule has 1 aliphatic carbocycles. The molecule has 1 aromatic carbocycles. The third-order valence-electron chi connectivity index (χ3n) is 5.49. The van der Waals surface area contributed by atoms with Crippen molar-refractivity contribution in [3.63, 3.8) is 0 Å². The van der Waals surface area contributed by atoms with Gasteiger partial charge in [0, 0.05) is 17.8 Å². The van der Waals surface area contributed by atoms with Crippen LogP contribution in [0.15, 0.2) is 29.0 Å². The lowest BCUT2D eigenvalue weighted by atomic mass is 10.1. The predicted octanol–water partition coefficient (Wildman–Crippen LogP) is 3.52. The molecule has 1 N–H and O–H groups in total. The number of urea groups is 1. The molecule has 7 nitrogen and oxygen atoms in total. The van der Waals surface area contributed by atoms with E-state index in [2.05, 4.69) is 10.5 Å². The second-order valence-corrected chi connectivity index (χ2v) is 7.35. The van der Waals surface area contributed by atoms with Crippen LogP contribution in [0.5, 0.6) is 0 Å². The fourth-order valence-electron chi connectivity index (χ4n) is 4.01. The molecule has 1 aliphatic heterocycles. The van der Waals surface area contributed by atoms with E-state index >= 15 is 0 Å². The topological polar surface area (TPSA) is 76.2 Å². The van der Waals surface area contributed by atoms with Gasteiger partial charge in [-0.05, 0) is 49.9 Å². The molecule has 0 radical (unpaired) electrons. The van der Waals surface area contributed by atoms with Gasteiger partial charge in [0.15, 0.2) is 0 Å². The van der Waals surface area contributed by atoms with Crippen molar-refractivity contribution in [2.45, 2.75) is 39.3 Å². The zero-order chi connectivity index (χ0) is 19.3. The van der Waals surface area contributed by atoms with Gasteiger partial charge >= 0.3 is 6.03 Å². The van der Waals surface area contributed by atoms with Crippen LogP contribution in [-0.2, 0) is 25.9 Å². The molecule has 2 aliphatic rings. The highest BCUT2D eigenvalue weighted by atomic mass is 19.1. The summed E-state index contributed by atoms with van der Waals surface area (Å²) >= 11 is 0. The van der Waals surface area contributed by atoms with E-state index in [1.54, 1.807) is 30.2 Å². The number of rotatable bonds is 1. The average Bonchev–Trinajstić information content (AvgIpc) is 3.24. The number of amides is 2. The van der Waals surface area contributed by atoms with Gasteiger partial charge in [0.25, 0.3) is 0 Å². The molecular weight excluding hydrogens is 361 g/mol. The van der Waals surface area contributed by atoms with Gasteiger partial charge in [0.1, 0.15) is 17.8 Å². The highest BCUT2D eigenvalue weighted by molar-refractivity contribution is 5.89. The Morgan fingerprint density at radius 2 is 2.18 bits per heavy atom. The van der Waals surface area contributed by atoms with Crippen LogP contribution in [0.2, 0.25) is 0 Å². The maximum Gasteiger partial charge on any atom is 0.322 e. The zero-order valence-corrected chi connectivity index (χ0v) is 15.5.